The van der Waals surface area contributed by atoms with Crippen LogP contribution in [0.1, 0.15) is 290 Å². The third-order valence-corrected chi connectivity index (χ3v) is 12.9. The Balaban J connectivity index is 4.22. The number of rotatable bonds is 54. The summed E-state index contributed by atoms with van der Waals surface area (Å²) in [5.41, 5.74) is 0. The average molecular weight is 990 g/mol. The van der Waals surface area contributed by atoms with Crippen LogP contribution in [0.3, 0.4) is 0 Å². The zero-order chi connectivity index (χ0) is 51.4. The molecule has 0 heterocycles. The highest BCUT2D eigenvalue weighted by Crippen LogP contribution is 2.16. The molecular formula is C65H112O6. The van der Waals surface area contributed by atoms with Crippen molar-refractivity contribution in [2.75, 3.05) is 13.2 Å². The first-order valence-corrected chi connectivity index (χ1v) is 30.1. The highest BCUT2D eigenvalue weighted by atomic mass is 16.6. The number of ether oxygens (including phenoxy) is 3. The fourth-order valence-electron chi connectivity index (χ4n) is 8.38. The van der Waals surface area contributed by atoms with Crippen LogP contribution in [0.5, 0.6) is 0 Å². The first-order valence-electron chi connectivity index (χ1n) is 30.1. The topological polar surface area (TPSA) is 78.9 Å². The fourth-order valence-corrected chi connectivity index (χ4v) is 8.38. The highest BCUT2D eigenvalue weighted by molar-refractivity contribution is 5.71. The third kappa shape index (κ3) is 57.4. The van der Waals surface area contributed by atoms with Gasteiger partial charge in [-0.05, 0) is 96.3 Å². The van der Waals surface area contributed by atoms with Crippen LogP contribution in [0.4, 0.5) is 0 Å². The van der Waals surface area contributed by atoms with Gasteiger partial charge in [-0.3, -0.25) is 14.4 Å². The molecule has 0 bridgehead atoms. The lowest BCUT2D eigenvalue weighted by atomic mass is 10.0. The number of hydrogen-bond donors (Lipinski definition) is 0. The SMILES string of the molecule is CC/C=C\C/C=C\C/C=C\C/C=C\C/C=C\C/C=C\CCCCC(=O)OC(COC(=O)CCCCCCCCC)COC(=O)CCCCCCCCCCCCCCC/C=C\CCCCCCCCCC. The summed E-state index contributed by atoms with van der Waals surface area (Å²) in [5, 5.41) is 0. The molecule has 1 atom stereocenters. The van der Waals surface area contributed by atoms with Crippen molar-refractivity contribution >= 4 is 17.9 Å². The summed E-state index contributed by atoms with van der Waals surface area (Å²) in [6.07, 6.45) is 77.6. The molecule has 408 valence electrons. The minimum Gasteiger partial charge on any atom is -0.462 e. The third-order valence-electron chi connectivity index (χ3n) is 12.9. The zero-order valence-electron chi connectivity index (χ0n) is 46.7. The number of carbonyl (C=O) groups excluding carboxylic acids is 3. The standard InChI is InChI=1S/C65H112O6/c1-4-7-10-13-16-18-20-22-24-26-28-30-31-32-33-35-36-38-40-42-44-46-49-52-55-58-64(67)70-61-62(60-69-63(66)57-54-51-48-15-12-9-6-3)71-65(68)59-56-53-50-47-45-43-41-39-37-34-29-27-25-23-21-19-17-14-11-8-5-2/h8,11,17,19,23,25-26,28-29,34,39,41,45,47,62H,4-7,9-10,12-16,18,20-22,24,27,30-33,35-38,40,42-44,46,48-61H2,1-3H3/b11-8-,19-17-,25-23-,28-26-,34-29-,41-39-,47-45-. The largest absolute Gasteiger partial charge is 0.462 e. The molecule has 0 amide bonds. The van der Waals surface area contributed by atoms with Gasteiger partial charge in [-0.2, -0.15) is 0 Å². The quantitative estimate of drug-likeness (QED) is 0.0261. The van der Waals surface area contributed by atoms with E-state index in [4.69, 9.17) is 14.2 Å². The van der Waals surface area contributed by atoms with Crippen LogP contribution < -0.4 is 0 Å². The number of hydrogen-bond acceptors (Lipinski definition) is 6. The molecule has 0 aromatic heterocycles. The normalized spacial score (nSPS) is 12.7. The van der Waals surface area contributed by atoms with Crippen molar-refractivity contribution in [3.63, 3.8) is 0 Å². The van der Waals surface area contributed by atoms with Crippen LogP contribution in [-0.2, 0) is 28.6 Å². The summed E-state index contributed by atoms with van der Waals surface area (Å²) in [4.78, 5) is 38.0. The summed E-state index contributed by atoms with van der Waals surface area (Å²) in [6, 6.07) is 0. The van der Waals surface area contributed by atoms with Gasteiger partial charge in [0, 0.05) is 19.3 Å². The molecule has 0 saturated carbocycles. The molecule has 0 aromatic carbocycles. The molecule has 71 heavy (non-hydrogen) atoms. The van der Waals surface area contributed by atoms with E-state index in [1.54, 1.807) is 0 Å². The average Bonchev–Trinajstić information content (AvgIpc) is 3.37. The Morgan fingerprint density at radius 3 is 0.901 bits per heavy atom. The molecule has 0 aliphatic heterocycles. The van der Waals surface area contributed by atoms with Crippen LogP contribution in [0, 0.1) is 0 Å². The molecule has 6 nitrogen and oxygen atoms in total. The summed E-state index contributed by atoms with van der Waals surface area (Å²) in [5.74, 6) is -0.937. The van der Waals surface area contributed by atoms with Crippen molar-refractivity contribution in [2.24, 2.45) is 0 Å². The van der Waals surface area contributed by atoms with Gasteiger partial charge in [0.1, 0.15) is 13.2 Å². The van der Waals surface area contributed by atoms with E-state index in [9.17, 15) is 14.4 Å². The molecule has 0 rings (SSSR count). The molecule has 0 fully saturated rings. The van der Waals surface area contributed by atoms with E-state index in [1.165, 1.54) is 154 Å². The van der Waals surface area contributed by atoms with E-state index in [0.717, 1.165) is 89.9 Å². The molecule has 1 unspecified atom stereocenters. The first-order chi connectivity index (χ1) is 35.0. The number of unbranched alkanes of at least 4 members (excludes halogenated alkanes) is 29. The number of esters is 3. The Hall–Kier alpha value is -3.41. The maximum atomic E-state index is 12.8. The van der Waals surface area contributed by atoms with Crippen molar-refractivity contribution in [1.29, 1.82) is 0 Å². The maximum absolute atomic E-state index is 12.8. The van der Waals surface area contributed by atoms with Gasteiger partial charge in [0.15, 0.2) is 6.10 Å². The molecule has 0 aliphatic carbocycles. The Bertz CT molecular complexity index is 1370. The number of allylic oxidation sites excluding steroid dienone is 14. The summed E-state index contributed by atoms with van der Waals surface area (Å²) >= 11 is 0. The van der Waals surface area contributed by atoms with E-state index >= 15 is 0 Å². The monoisotopic (exact) mass is 989 g/mol. The molecule has 0 spiro atoms. The van der Waals surface area contributed by atoms with Gasteiger partial charge in [0.25, 0.3) is 0 Å². The minimum atomic E-state index is -0.797. The summed E-state index contributed by atoms with van der Waals surface area (Å²) in [7, 11) is 0. The molecule has 0 N–H and O–H groups in total. The van der Waals surface area contributed by atoms with E-state index in [1.807, 2.05) is 0 Å². The number of carbonyl (C=O) groups is 3. The molecule has 0 radical (unpaired) electrons. The first kappa shape index (κ1) is 67.6. The Labute approximate surface area is 439 Å². The van der Waals surface area contributed by atoms with Gasteiger partial charge >= 0.3 is 17.9 Å². The predicted molar refractivity (Wildman–Crippen MR) is 307 cm³/mol. The van der Waals surface area contributed by atoms with Crippen molar-refractivity contribution in [1.82, 2.24) is 0 Å². The van der Waals surface area contributed by atoms with Gasteiger partial charge in [0.2, 0.25) is 0 Å². The van der Waals surface area contributed by atoms with Crippen LogP contribution in [-0.4, -0.2) is 37.2 Å². The van der Waals surface area contributed by atoms with Crippen molar-refractivity contribution < 1.29 is 28.6 Å². The van der Waals surface area contributed by atoms with E-state index in [2.05, 4.69) is 106 Å². The van der Waals surface area contributed by atoms with Crippen LogP contribution in [0.25, 0.3) is 0 Å². The lowest BCUT2D eigenvalue weighted by molar-refractivity contribution is -0.167. The highest BCUT2D eigenvalue weighted by Gasteiger charge is 2.19. The van der Waals surface area contributed by atoms with Gasteiger partial charge in [-0.25, -0.2) is 0 Å². The molecule has 0 aromatic rings. The summed E-state index contributed by atoms with van der Waals surface area (Å²) in [6.45, 7) is 6.46. The summed E-state index contributed by atoms with van der Waals surface area (Å²) < 4.78 is 16.8. The van der Waals surface area contributed by atoms with E-state index in [0.29, 0.717) is 19.3 Å². The Morgan fingerprint density at radius 1 is 0.296 bits per heavy atom. The van der Waals surface area contributed by atoms with Crippen molar-refractivity contribution in [3.8, 4) is 0 Å². The maximum Gasteiger partial charge on any atom is 0.306 e. The molecule has 6 heteroatoms. The van der Waals surface area contributed by atoms with Gasteiger partial charge < -0.3 is 14.2 Å². The second kappa shape index (κ2) is 59.2. The second-order valence-corrected chi connectivity index (χ2v) is 19.9. The van der Waals surface area contributed by atoms with E-state index < -0.39 is 6.10 Å². The van der Waals surface area contributed by atoms with Gasteiger partial charge in [-0.1, -0.05) is 260 Å². The lowest BCUT2D eigenvalue weighted by Gasteiger charge is -2.18. The smallest absolute Gasteiger partial charge is 0.306 e. The Morgan fingerprint density at radius 2 is 0.549 bits per heavy atom. The zero-order valence-corrected chi connectivity index (χ0v) is 46.7. The second-order valence-electron chi connectivity index (χ2n) is 19.9. The predicted octanol–water partition coefficient (Wildman–Crippen LogP) is 20.3. The van der Waals surface area contributed by atoms with Crippen LogP contribution in [0.2, 0.25) is 0 Å². The van der Waals surface area contributed by atoms with Gasteiger partial charge in [0.05, 0.1) is 0 Å². The Kier molecular flexibility index (Phi) is 56.3. The fraction of sp³-hybridized carbons (Fsp3) is 0.738. The van der Waals surface area contributed by atoms with Crippen molar-refractivity contribution in [2.45, 2.75) is 297 Å². The van der Waals surface area contributed by atoms with Crippen LogP contribution in [0.15, 0.2) is 85.1 Å². The molecule has 0 saturated heterocycles. The van der Waals surface area contributed by atoms with Crippen LogP contribution >= 0.6 is 0 Å². The molecule has 0 aliphatic rings. The minimum absolute atomic E-state index is 0.0927. The van der Waals surface area contributed by atoms with Crippen molar-refractivity contribution in [3.05, 3.63) is 85.1 Å². The van der Waals surface area contributed by atoms with Gasteiger partial charge in [-0.15, -0.1) is 0 Å². The molecular weight excluding hydrogens is 877 g/mol. The van der Waals surface area contributed by atoms with E-state index in [-0.39, 0.29) is 37.5 Å². The lowest BCUT2D eigenvalue weighted by Crippen LogP contribution is -2.30.